The van der Waals surface area contributed by atoms with Crippen LogP contribution in [0.1, 0.15) is 18.9 Å². The Morgan fingerprint density at radius 3 is 2.65 bits per heavy atom. The summed E-state index contributed by atoms with van der Waals surface area (Å²) in [6.07, 6.45) is 0.333. The van der Waals surface area contributed by atoms with Crippen molar-refractivity contribution in [1.82, 2.24) is 4.90 Å². The lowest BCUT2D eigenvalue weighted by molar-refractivity contribution is -0.672. The summed E-state index contributed by atoms with van der Waals surface area (Å²) in [7, 11) is 0. The molecule has 0 aromatic heterocycles. The number of hydrogen-bond donors (Lipinski definition) is 1. The molecule has 1 aliphatic rings. The lowest BCUT2D eigenvalue weighted by atomic mass is 10.2. The minimum atomic E-state index is -0.212. The molecule has 1 atom stereocenters. The first-order chi connectivity index (χ1) is 8.22. The van der Waals surface area contributed by atoms with E-state index in [-0.39, 0.29) is 17.9 Å². The Hall–Kier alpha value is -1.68. The van der Waals surface area contributed by atoms with E-state index < -0.39 is 0 Å². The van der Waals surface area contributed by atoms with Crippen LogP contribution in [0.3, 0.4) is 0 Å². The maximum absolute atomic E-state index is 12.0. The second-order valence-electron chi connectivity index (χ2n) is 4.26. The van der Waals surface area contributed by atoms with Crippen molar-refractivity contribution in [2.75, 3.05) is 6.54 Å². The Kier molecular flexibility index (Phi) is 3.54. The summed E-state index contributed by atoms with van der Waals surface area (Å²) in [5.41, 5.74) is 0.992. The number of quaternary nitrogens is 1. The summed E-state index contributed by atoms with van der Waals surface area (Å²) in [6, 6.07) is 9.39. The summed E-state index contributed by atoms with van der Waals surface area (Å²) >= 11 is 0. The first-order valence-electron chi connectivity index (χ1n) is 5.94. The Labute approximate surface area is 101 Å². The number of nitrogens with zero attached hydrogens (tertiary/aromatic N) is 1. The third-order valence-electron chi connectivity index (χ3n) is 2.98. The Balaban J connectivity index is 2.07. The Morgan fingerprint density at radius 1 is 1.29 bits per heavy atom. The molecule has 90 valence electrons. The Bertz CT molecular complexity index is 417. The molecule has 0 aliphatic carbocycles. The molecule has 0 saturated carbocycles. The number of carbonyl (C=O) groups excluding carboxylic acids is 2. The first kappa shape index (κ1) is 11.8. The highest BCUT2D eigenvalue weighted by Crippen LogP contribution is 2.14. The van der Waals surface area contributed by atoms with Crippen LogP contribution in [0.5, 0.6) is 0 Å². The van der Waals surface area contributed by atoms with Gasteiger partial charge in [0.2, 0.25) is 5.91 Å². The second-order valence-corrected chi connectivity index (χ2v) is 4.26. The quantitative estimate of drug-likeness (QED) is 0.738. The molecule has 2 amide bonds. The molecule has 1 heterocycles. The van der Waals surface area contributed by atoms with Crippen molar-refractivity contribution in [3.8, 4) is 0 Å². The third kappa shape index (κ3) is 2.53. The fourth-order valence-electron chi connectivity index (χ4n) is 2.11. The minimum absolute atomic E-state index is 0.0549. The topological polar surface area (TPSA) is 54.0 Å². The van der Waals surface area contributed by atoms with E-state index >= 15 is 0 Å². The molecule has 1 aliphatic heterocycles. The van der Waals surface area contributed by atoms with E-state index in [1.54, 1.807) is 0 Å². The van der Waals surface area contributed by atoms with Gasteiger partial charge in [-0.3, -0.25) is 14.5 Å². The zero-order valence-electron chi connectivity index (χ0n) is 9.93. The van der Waals surface area contributed by atoms with Crippen LogP contribution in [-0.4, -0.2) is 29.3 Å². The summed E-state index contributed by atoms with van der Waals surface area (Å²) in [6.45, 7) is 3.20. The van der Waals surface area contributed by atoms with Crippen LogP contribution >= 0.6 is 0 Å². The molecule has 0 radical (unpaired) electrons. The second kappa shape index (κ2) is 5.10. The van der Waals surface area contributed by atoms with Crippen LogP contribution in [0, 0.1) is 0 Å². The molecular formula is C13H17N2O2+. The molecule has 1 fully saturated rings. The summed E-state index contributed by atoms with van der Waals surface area (Å²) in [5.74, 6) is -0.116. The smallest absolute Gasteiger partial charge is 0.288 e. The fourth-order valence-corrected chi connectivity index (χ4v) is 2.11. The molecule has 0 spiro atoms. The van der Waals surface area contributed by atoms with Gasteiger partial charge < -0.3 is 5.32 Å². The van der Waals surface area contributed by atoms with E-state index in [0.29, 0.717) is 13.0 Å². The van der Waals surface area contributed by atoms with Crippen LogP contribution in [0.4, 0.5) is 0 Å². The van der Waals surface area contributed by atoms with Gasteiger partial charge >= 0.3 is 0 Å². The van der Waals surface area contributed by atoms with Gasteiger partial charge in [-0.1, -0.05) is 30.3 Å². The molecule has 4 heteroatoms. The zero-order valence-corrected chi connectivity index (χ0v) is 9.93. The first-order valence-corrected chi connectivity index (χ1v) is 5.94. The molecule has 0 unspecified atom stereocenters. The molecule has 1 aromatic carbocycles. The van der Waals surface area contributed by atoms with E-state index in [1.165, 1.54) is 4.90 Å². The molecule has 2 rings (SSSR count). The van der Waals surface area contributed by atoms with Gasteiger partial charge in [0.1, 0.15) is 0 Å². The van der Waals surface area contributed by atoms with Crippen LogP contribution < -0.4 is 5.32 Å². The van der Waals surface area contributed by atoms with Crippen molar-refractivity contribution in [1.29, 1.82) is 0 Å². The van der Waals surface area contributed by atoms with E-state index in [4.69, 9.17) is 0 Å². The highest BCUT2D eigenvalue weighted by molar-refractivity contribution is 6.04. The van der Waals surface area contributed by atoms with Crippen molar-refractivity contribution >= 4 is 11.8 Å². The molecule has 17 heavy (non-hydrogen) atoms. The minimum Gasteiger partial charge on any atom is -0.336 e. The SMILES string of the molecule is CC[NH2+][C@@H]1CC(=O)N(Cc2ccccc2)C1=O. The fraction of sp³-hybridized carbons (Fsp3) is 0.385. The monoisotopic (exact) mass is 233 g/mol. The predicted molar refractivity (Wildman–Crippen MR) is 62.9 cm³/mol. The maximum atomic E-state index is 12.0. The highest BCUT2D eigenvalue weighted by Gasteiger charge is 2.40. The molecule has 2 N–H and O–H groups in total. The molecule has 1 aromatic rings. The zero-order chi connectivity index (χ0) is 12.3. The number of likely N-dealkylation sites (N-methyl/N-ethyl adjacent to an activating group) is 1. The average Bonchev–Trinajstić information content (AvgIpc) is 2.59. The maximum Gasteiger partial charge on any atom is 0.288 e. The van der Waals surface area contributed by atoms with Crippen molar-refractivity contribution in [3.63, 3.8) is 0 Å². The van der Waals surface area contributed by atoms with Crippen molar-refractivity contribution in [3.05, 3.63) is 35.9 Å². The van der Waals surface area contributed by atoms with E-state index in [0.717, 1.165) is 12.1 Å². The van der Waals surface area contributed by atoms with E-state index in [2.05, 4.69) is 0 Å². The number of hydrogen-bond acceptors (Lipinski definition) is 2. The number of likely N-dealkylation sites (tertiary alicyclic amines) is 1. The number of amides is 2. The van der Waals surface area contributed by atoms with Gasteiger partial charge in [-0.05, 0) is 12.5 Å². The number of benzene rings is 1. The molecule has 0 bridgehead atoms. The van der Waals surface area contributed by atoms with Gasteiger partial charge in [0.05, 0.1) is 19.5 Å². The van der Waals surface area contributed by atoms with Crippen LogP contribution in [-0.2, 0) is 16.1 Å². The lowest BCUT2D eigenvalue weighted by Gasteiger charge is -2.13. The summed E-state index contributed by atoms with van der Waals surface area (Å²) in [5, 5.41) is 1.92. The van der Waals surface area contributed by atoms with Crippen molar-refractivity contribution in [2.45, 2.75) is 25.9 Å². The van der Waals surface area contributed by atoms with Gasteiger partial charge in [0, 0.05) is 0 Å². The third-order valence-corrected chi connectivity index (χ3v) is 2.98. The largest absolute Gasteiger partial charge is 0.336 e. The lowest BCUT2D eigenvalue weighted by Crippen LogP contribution is -2.91. The van der Waals surface area contributed by atoms with Crippen LogP contribution in [0.15, 0.2) is 30.3 Å². The molecular weight excluding hydrogens is 216 g/mol. The highest BCUT2D eigenvalue weighted by atomic mass is 16.2. The van der Waals surface area contributed by atoms with E-state index in [9.17, 15) is 9.59 Å². The molecule has 4 nitrogen and oxygen atoms in total. The number of rotatable bonds is 4. The van der Waals surface area contributed by atoms with Crippen LogP contribution in [0.25, 0.3) is 0 Å². The number of nitrogens with two attached hydrogens (primary N) is 1. The van der Waals surface area contributed by atoms with Gasteiger partial charge in [-0.2, -0.15) is 0 Å². The summed E-state index contributed by atoms with van der Waals surface area (Å²) in [4.78, 5) is 25.1. The van der Waals surface area contributed by atoms with Gasteiger partial charge in [-0.15, -0.1) is 0 Å². The van der Waals surface area contributed by atoms with E-state index in [1.807, 2.05) is 42.6 Å². The van der Waals surface area contributed by atoms with Crippen LogP contribution in [0.2, 0.25) is 0 Å². The number of carbonyl (C=O) groups is 2. The Morgan fingerprint density at radius 2 is 2.00 bits per heavy atom. The predicted octanol–water partition coefficient (Wildman–Crippen LogP) is -0.103. The molecule has 1 saturated heterocycles. The van der Waals surface area contributed by atoms with Gasteiger partial charge in [-0.25, -0.2) is 0 Å². The van der Waals surface area contributed by atoms with Crippen molar-refractivity contribution < 1.29 is 14.9 Å². The van der Waals surface area contributed by atoms with Gasteiger partial charge in [0.25, 0.3) is 5.91 Å². The standard InChI is InChI=1S/C13H16N2O2/c1-2-14-11-8-12(16)15(13(11)17)9-10-6-4-3-5-7-10/h3-7,11,14H,2,8-9H2,1H3/p+1/t11-/m1/s1. The van der Waals surface area contributed by atoms with Gasteiger partial charge in [0.15, 0.2) is 6.04 Å². The summed E-state index contributed by atoms with van der Waals surface area (Å²) < 4.78 is 0. The number of imide groups is 1. The average molecular weight is 233 g/mol. The normalized spacial score (nSPS) is 20.1. The van der Waals surface area contributed by atoms with Crippen molar-refractivity contribution in [2.24, 2.45) is 0 Å².